The molecule has 0 spiro atoms. The molecule has 1 aliphatic heterocycles. The van der Waals surface area contributed by atoms with Crippen LogP contribution in [0.3, 0.4) is 0 Å². The Labute approximate surface area is 114 Å². The van der Waals surface area contributed by atoms with Crippen LogP contribution in [0.25, 0.3) is 0 Å². The van der Waals surface area contributed by atoms with Crippen molar-refractivity contribution in [2.75, 3.05) is 24.7 Å². The number of carboxylic acid groups (broad SMARTS) is 1. The molecular weight excluding hydrogens is 250 g/mol. The largest absolute Gasteiger partial charge is 0.480 e. The highest BCUT2D eigenvalue weighted by Crippen LogP contribution is 2.20. The molecule has 1 aliphatic rings. The molecule has 1 rings (SSSR count). The van der Waals surface area contributed by atoms with Crippen LogP contribution in [0.15, 0.2) is 0 Å². The molecule has 0 saturated carbocycles. The van der Waals surface area contributed by atoms with E-state index in [0.717, 1.165) is 24.5 Å². The molecule has 18 heavy (non-hydrogen) atoms. The van der Waals surface area contributed by atoms with Crippen molar-refractivity contribution in [3.05, 3.63) is 0 Å². The van der Waals surface area contributed by atoms with Gasteiger partial charge in [-0.2, -0.15) is 11.8 Å². The molecule has 0 aromatic heterocycles. The third kappa shape index (κ3) is 5.16. The Morgan fingerprint density at radius 2 is 2.39 bits per heavy atom. The Balaban J connectivity index is 2.12. The molecule has 0 aliphatic carbocycles. The quantitative estimate of drug-likeness (QED) is 0.631. The van der Waals surface area contributed by atoms with Gasteiger partial charge in [-0.25, -0.2) is 0 Å². The molecule has 0 bridgehead atoms. The van der Waals surface area contributed by atoms with Crippen LogP contribution in [-0.2, 0) is 9.53 Å². The maximum Gasteiger partial charge on any atom is 0.323 e. The predicted octanol–water partition coefficient (Wildman–Crippen LogP) is 2.13. The summed E-state index contributed by atoms with van der Waals surface area (Å²) in [6.45, 7) is 5.30. The summed E-state index contributed by atoms with van der Waals surface area (Å²) in [7, 11) is 0. The molecule has 2 unspecified atom stereocenters. The lowest BCUT2D eigenvalue weighted by molar-refractivity contribution is -0.144. The van der Waals surface area contributed by atoms with E-state index in [9.17, 15) is 9.90 Å². The number of rotatable bonds is 9. The summed E-state index contributed by atoms with van der Waals surface area (Å²) in [5, 5.41) is 12.3. The van der Waals surface area contributed by atoms with Gasteiger partial charge in [0.25, 0.3) is 0 Å². The van der Waals surface area contributed by atoms with E-state index in [1.807, 2.05) is 18.7 Å². The van der Waals surface area contributed by atoms with Gasteiger partial charge in [-0.1, -0.05) is 6.92 Å². The average molecular weight is 275 g/mol. The van der Waals surface area contributed by atoms with E-state index in [0.29, 0.717) is 19.1 Å². The van der Waals surface area contributed by atoms with Gasteiger partial charge in [0, 0.05) is 12.4 Å². The molecule has 1 heterocycles. The smallest absolute Gasteiger partial charge is 0.323 e. The Morgan fingerprint density at radius 1 is 1.61 bits per heavy atom. The number of aliphatic carboxylic acids is 1. The number of ether oxygens (including phenoxy) is 1. The standard InChI is InChI=1S/C13H25NO3S/c1-3-14-13(2,12(15)16)7-5-9-18-10-11-6-4-8-17-11/h11,14H,3-10H2,1-2H3,(H,15,16). The van der Waals surface area contributed by atoms with Crippen molar-refractivity contribution in [2.24, 2.45) is 0 Å². The van der Waals surface area contributed by atoms with Crippen molar-refractivity contribution >= 4 is 17.7 Å². The third-order valence-electron chi connectivity index (χ3n) is 3.33. The minimum absolute atomic E-state index is 0.426. The average Bonchev–Trinajstić information content (AvgIpc) is 2.81. The number of carbonyl (C=O) groups is 1. The van der Waals surface area contributed by atoms with Crippen molar-refractivity contribution in [1.29, 1.82) is 0 Å². The molecule has 0 radical (unpaired) electrons. The highest BCUT2D eigenvalue weighted by Gasteiger charge is 2.31. The lowest BCUT2D eigenvalue weighted by atomic mass is 9.96. The Hall–Kier alpha value is -0.260. The fourth-order valence-corrected chi connectivity index (χ4v) is 3.22. The zero-order valence-corrected chi connectivity index (χ0v) is 12.2. The fraction of sp³-hybridized carbons (Fsp3) is 0.923. The summed E-state index contributed by atoms with van der Waals surface area (Å²) in [5.74, 6) is 1.30. The van der Waals surface area contributed by atoms with Gasteiger partial charge in [0.2, 0.25) is 0 Å². The van der Waals surface area contributed by atoms with E-state index in [1.165, 1.54) is 12.8 Å². The first-order valence-electron chi connectivity index (χ1n) is 6.76. The lowest BCUT2D eigenvalue weighted by Crippen LogP contribution is -2.49. The van der Waals surface area contributed by atoms with Gasteiger partial charge in [-0.3, -0.25) is 4.79 Å². The first kappa shape index (κ1) is 15.8. The van der Waals surface area contributed by atoms with E-state index >= 15 is 0 Å². The van der Waals surface area contributed by atoms with Gasteiger partial charge in [0.1, 0.15) is 5.54 Å². The van der Waals surface area contributed by atoms with E-state index in [2.05, 4.69) is 5.32 Å². The number of hydrogen-bond donors (Lipinski definition) is 2. The van der Waals surface area contributed by atoms with Gasteiger partial charge >= 0.3 is 5.97 Å². The predicted molar refractivity (Wildman–Crippen MR) is 75.3 cm³/mol. The van der Waals surface area contributed by atoms with Crippen LogP contribution < -0.4 is 5.32 Å². The number of thioether (sulfide) groups is 1. The monoisotopic (exact) mass is 275 g/mol. The number of carboxylic acids is 1. The second kappa shape index (κ2) is 8.02. The second-order valence-electron chi connectivity index (χ2n) is 4.98. The van der Waals surface area contributed by atoms with Crippen molar-refractivity contribution in [3.63, 3.8) is 0 Å². The van der Waals surface area contributed by atoms with Gasteiger partial charge < -0.3 is 15.2 Å². The van der Waals surface area contributed by atoms with Gasteiger partial charge in [0.05, 0.1) is 6.10 Å². The van der Waals surface area contributed by atoms with Crippen LogP contribution in [0.2, 0.25) is 0 Å². The zero-order chi connectivity index (χ0) is 13.4. The third-order valence-corrected chi connectivity index (χ3v) is 4.52. The Morgan fingerprint density at radius 3 is 2.94 bits per heavy atom. The van der Waals surface area contributed by atoms with Crippen LogP contribution in [0.1, 0.15) is 39.5 Å². The van der Waals surface area contributed by atoms with Crippen LogP contribution in [0, 0.1) is 0 Å². The molecule has 106 valence electrons. The summed E-state index contributed by atoms with van der Waals surface area (Å²) in [6, 6.07) is 0. The molecule has 0 amide bonds. The Bertz CT molecular complexity index is 257. The van der Waals surface area contributed by atoms with Crippen molar-refractivity contribution in [1.82, 2.24) is 5.32 Å². The van der Waals surface area contributed by atoms with E-state index in [4.69, 9.17) is 4.74 Å². The normalized spacial score (nSPS) is 22.9. The molecule has 0 aromatic carbocycles. The van der Waals surface area contributed by atoms with Crippen LogP contribution in [0.5, 0.6) is 0 Å². The topological polar surface area (TPSA) is 58.6 Å². The lowest BCUT2D eigenvalue weighted by Gasteiger charge is -2.25. The van der Waals surface area contributed by atoms with E-state index < -0.39 is 11.5 Å². The highest BCUT2D eigenvalue weighted by atomic mass is 32.2. The van der Waals surface area contributed by atoms with Gasteiger partial charge in [-0.15, -0.1) is 0 Å². The first-order valence-corrected chi connectivity index (χ1v) is 7.91. The molecule has 4 nitrogen and oxygen atoms in total. The maximum absolute atomic E-state index is 11.2. The van der Waals surface area contributed by atoms with Crippen molar-refractivity contribution in [3.8, 4) is 0 Å². The molecular formula is C13H25NO3S. The second-order valence-corrected chi connectivity index (χ2v) is 6.13. The minimum Gasteiger partial charge on any atom is -0.480 e. The summed E-state index contributed by atoms with van der Waals surface area (Å²) in [4.78, 5) is 11.2. The summed E-state index contributed by atoms with van der Waals surface area (Å²) in [5.41, 5.74) is -0.779. The van der Waals surface area contributed by atoms with Gasteiger partial charge in [-0.05, 0) is 44.9 Å². The molecule has 1 fully saturated rings. The molecule has 1 saturated heterocycles. The SMILES string of the molecule is CCNC(C)(CCCSCC1CCCO1)C(=O)O. The van der Waals surface area contributed by atoms with E-state index in [-0.39, 0.29) is 0 Å². The van der Waals surface area contributed by atoms with Crippen molar-refractivity contribution in [2.45, 2.75) is 51.2 Å². The van der Waals surface area contributed by atoms with Crippen LogP contribution >= 0.6 is 11.8 Å². The summed E-state index contributed by atoms with van der Waals surface area (Å²) in [6.07, 6.45) is 4.39. The Kier molecular flexibility index (Phi) is 7.04. The first-order chi connectivity index (χ1) is 8.58. The summed E-state index contributed by atoms with van der Waals surface area (Å²) >= 11 is 1.88. The highest BCUT2D eigenvalue weighted by molar-refractivity contribution is 7.99. The van der Waals surface area contributed by atoms with Crippen LogP contribution in [0.4, 0.5) is 0 Å². The number of hydrogen-bond acceptors (Lipinski definition) is 4. The van der Waals surface area contributed by atoms with Crippen LogP contribution in [-0.4, -0.2) is 47.4 Å². The zero-order valence-electron chi connectivity index (χ0n) is 11.4. The number of nitrogens with one attached hydrogen (secondary N) is 1. The van der Waals surface area contributed by atoms with E-state index in [1.54, 1.807) is 6.92 Å². The molecule has 5 heteroatoms. The molecule has 2 N–H and O–H groups in total. The minimum atomic E-state index is -0.779. The number of likely N-dealkylation sites (N-methyl/N-ethyl adjacent to an activating group) is 1. The maximum atomic E-state index is 11.2. The van der Waals surface area contributed by atoms with Crippen molar-refractivity contribution < 1.29 is 14.6 Å². The van der Waals surface area contributed by atoms with Gasteiger partial charge in [0.15, 0.2) is 0 Å². The summed E-state index contributed by atoms with van der Waals surface area (Å²) < 4.78 is 5.55. The molecule has 2 atom stereocenters. The molecule has 0 aromatic rings. The fourth-order valence-electron chi connectivity index (χ4n) is 2.18.